The van der Waals surface area contributed by atoms with Crippen molar-refractivity contribution in [3.8, 4) is 0 Å². The number of benzene rings is 1. The van der Waals surface area contributed by atoms with Gasteiger partial charge in [0.2, 0.25) is 0 Å². The number of aliphatic carboxylic acids is 1. The van der Waals surface area contributed by atoms with Gasteiger partial charge in [-0.3, -0.25) is 19.9 Å². The fourth-order valence-corrected chi connectivity index (χ4v) is 2.19. The highest BCUT2D eigenvalue weighted by atomic mass is 16.6. The number of fused-ring (bicyclic) bond motifs is 1. The Labute approximate surface area is 120 Å². The number of pyridine rings is 1. The number of hydrogen-bond donors (Lipinski definition) is 2. The fourth-order valence-electron chi connectivity index (χ4n) is 2.19. The zero-order chi connectivity index (χ0) is 15.4. The van der Waals surface area contributed by atoms with Crippen LogP contribution in [0.4, 0.5) is 11.4 Å². The van der Waals surface area contributed by atoms with Crippen LogP contribution >= 0.6 is 0 Å². The summed E-state index contributed by atoms with van der Waals surface area (Å²) < 4.78 is 0. The van der Waals surface area contributed by atoms with Crippen molar-refractivity contribution in [1.82, 2.24) is 4.98 Å². The van der Waals surface area contributed by atoms with E-state index < -0.39 is 10.9 Å². The third kappa shape index (κ3) is 3.25. The molecule has 0 aliphatic carbocycles. The van der Waals surface area contributed by atoms with E-state index in [1.54, 1.807) is 18.3 Å². The monoisotopic (exact) mass is 289 g/mol. The predicted octanol–water partition coefficient (Wildman–Crippen LogP) is 2.81. The van der Waals surface area contributed by atoms with Crippen molar-refractivity contribution in [2.24, 2.45) is 0 Å². The standard InChI is InChI=1S/C14H15N3O4/c1-2-9(7-14(18)19)16-12-3-4-13(17(20)21)11-8-15-6-5-10(11)12/h3-6,8-9,16H,2,7H2,1H3,(H,18,19). The van der Waals surface area contributed by atoms with Crippen LogP contribution in [0, 0.1) is 10.1 Å². The van der Waals surface area contributed by atoms with Crippen LogP contribution < -0.4 is 5.32 Å². The first-order valence-electron chi connectivity index (χ1n) is 6.52. The second kappa shape index (κ2) is 6.17. The van der Waals surface area contributed by atoms with Crippen LogP contribution in [0.25, 0.3) is 10.8 Å². The molecule has 110 valence electrons. The lowest BCUT2D eigenvalue weighted by Crippen LogP contribution is -2.22. The quantitative estimate of drug-likeness (QED) is 0.625. The van der Waals surface area contributed by atoms with Gasteiger partial charge in [0.1, 0.15) is 0 Å². The molecule has 1 aromatic carbocycles. The van der Waals surface area contributed by atoms with Gasteiger partial charge in [0.25, 0.3) is 5.69 Å². The minimum Gasteiger partial charge on any atom is -0.481 e. The molecule has 0 saturated heterocycles. The number of nitro groups is 1. The molecular formula is C14H15N3O4. The summed E-state index contributed by atoms with van der Waals surface area (Å²) in [5.74, 6) is -0.887. The van der Waals surface area contributed by atoms with Gasteiger partial charge in [0.05, 0.1) is 16.7 Å². The number of nitro benzene ring substituents is 1. The molecule has 2 aromatic rings. The fraction of sp³-hybridized carbons (Fsp3) is 0.286. The summed E-state index contributed by atoms with van der Waals surface area (Å²) >= 11 is 0. The number of carbonyl (C=O) groups is 1. The van der Waals surface area contributed by atoms with Crippen molar-refractivity contribution >= 4 is 28.1 Å². The first kappa shape index (κ1) is 14.7. The van der Waals surface area contributed by atoms with E-state index in [1.165, 1.54) is 12.3 Å². The summed E-state index contributed by atoms with van der Waals surface area (Å²) in [5, 5.41) is 24.1. The number of nitrogens with zero attached hydrogens (tertiary/aromatic N) is 2. The summed E-state index contributed by atoms with van der Waals surface area (Å²) in [6, 6.07) is 4.45. The Kier molecular flexibility index (Phi) is 4.32. The minimum atomic E-state index is -0.887. The van der Waals surface area contributed by atoms with E-state index >= 15 is 0 Å². The lowest BCUT2D eigenvalue weighted by molar-refractivity contribution is -0.383. The maximum Gasteiger partial charge on any atom is 0.305 e. The summed E-state index contributed by atoms with van der Waals surface area (Å²) in [6.45, 7) is 1.88. The molecule has 0 spiro atoms. The molecule has 7 nitrogen and oxygen atoms in total. The summed E-state index contributed by atoms with van der Waals surface area (Å²) in [7, 11) is 0. The van der Waals surface area contributed by atoms with Crippen LogP contribution in [0.2, 0.25) is 0 Å². The van der Waals surface area contributed by atoms with Crippen molar-refractivity contribution in [1.29, 1.82) is 0 Å². The van der Waals surface area contributed by atoms with Crippen molar-refractivity contribution in [2.75, 3.05) is 5.32 Å². The van der Waals surface area contributed by atoms with Gasteiger partial charge in [0.15, 0.2) is 0 Å². The van der Waals surface area contributed by atoms with E-state index in [1.807, 2.05) is 6.92 Å². The highest BCUT2D eigenvalue weighted by molar-refractivity contribution is 5.99. The number of rotatable bonds is 6. The Morgan fingerprint density at radius 1 is 1.43 bits per heavy atom. The number of carboxylic acids is 1. The number of non-ortho nitro benzene ring substituents is 1. The van der Waals surface area contributed by atoms with Crippen molar-refractivity contribution < 1.29 is 14.8 Å². The summed E-state index contributed by atoms with van der Waals surface area (Å²) in [5.41, 5.74) is 0.654. The number of carboxylic acid groups (broad SMARTS) is 1. The predicted molar refractivity (Wildman–Crippen MR) is 78.4 cm³/mol. The molecule has 0 aliphatic heterocycles. The lowest BCUT2D eigenvalue weighted by atomic mass is 10.1. The zero-order valence-electron chi connectivity index (χ0n) is 11.4. The maximum atomic E-state index is 11.0. The summed E-state index contributed by atoms with van der Waals surface area (Å²) in [6.07, 6.45) is 3.61. The van der Waals surface area contributed by atoms with E-state index in [2.05, 4.69) is 10.3 Å². The topological polar surface area (TPSA) is 105 Å². The minimum absolute atomic E-state index is 0.0138. The SMILES string of the molecule is CCC(CC(=O)O)Nc1ccc([N+](=O)[O-])c2cnccc12. The average Bonchev–Trinajstić information content (AvgIpc) is 2.46. The van der Waals surface area contributed by atoms with Crippen LogP contribution in [0.5, 0.6) is 0 Å². The van der Waals surface area contributed by atoms with Gasteiger partial charge in [-0.1, -0.05) is 6.92 Å². The van der Waals surface area contributed by atoms with Gasteiger partial charge >= 0.3 is 5.97 Å². The molecule has 0 aliphatic rings. The van der Waals surface area contributed by atoms with Crippen LogP contribution in [-0.2, 0) is 4.79 Å². The van der Waals surface area contributed by atoms with Gasteiger partial charge in [-0.25, -0.2) is 0 Å². The molecule has 0 amide bonds. The molecule has 1 heterocycles. The molecule has 2 N–H and O–H groups in total. The Bertz CT molecular complexity index is 687. The first-order valence-corrected chi connectivity index (χ1v) is 6.52. The van der Waals surface area contributed by atoms with Crippen LogP contribution in [0.3, 0.4) is 0 Å². The first-order chi connectivity index (χ1) is 10.0. The molecule has 7 heteroatoms. The van der Waals surface area contributed by atoms with Crippen LogP contribution in [-0.4, -0.2) is 27.0 Å². The Morgan fingerprint density at radius 3 is 2.81 bits per heavy atom. The van der Waals surface area contributed by atoms with Gasteiger partial charge in [-0.15, -0.1) is 0 Å². The molecule has 1 aromatic heterocycles. The smallest absolute Gasteiger partial charge is 0.305 e. The second-order valence-corrected chi connectivity index (χ2v) is 4.66. The molecule has 0 fully saturated rings. The number of hydrogen-bond acceptors (Lipinski definition) is 5. The van der Waals surface area contributed by atoms with E-state index in [0.717, 1.165) is 0 Å². The second-order valence-electron chi connectivity index (χ2n) is 4.66. The Balaban J connectivity index is 2.43. The molecule has 1 atom stereocenters. The lowest BCUT2D eigenvalue weighted by Gasteiger charge is -2.17. The average molecular weight is 289 g/mol. The number of nitrogens with one attached hydrogen (secondary N) is 1. The van der Waals surface area contributed by atoms with E-state index in [4.69, 9.17) is 5.11 Å². The highest BCUT2D eigenvalue weighted by Gasteiger charge is 2.17. The van der Waals surface area contributed by atoms with Gasteiger partial charge in [-0.2, -0.15) is 0 Å². The normalized spacial score (nSPS) is 12.0. The third-order valence-electron chi connectivity index (χ3n) is 3.27. The third-order valence-corrected chi connectivity index (χ3v) is 3.27. The molecule has 21 heavy (non-hydrogen) atoms. The van der Waals surface area contributed by atoms with Crippen LogP contribution in [0.1, 0.15) is 19.8 Å². The van der Waals surface area contributed by atoms with Crippen molar-refractivity contribution in [2.45, 2.75) is 25.8 Å². The number of aromatic nitrogens is 1. The maximum absolute atomic E-state index is 11.0. The molecule has 1 unspecified atom stereocenters. The molecule has 2 rings (SSSR count). The van der Waals surface area contributed by atoms with E-state index in [0.29, 0.717) is 22.9 Å². The van der Waals surface area contributed by atoms with Gasteiger partial charge in [0, 0.05) is 35.6 Å². The van der Waals surface area contributed by atoms with Crippen molar-refractivity contribution in [3.63, 3.8) is 0 Å². The number of anilines is 1. The molecule has 0 saturated carbocycles. The molecule has 0 radical (unpaired) electrons. The van der Waals surface area contributed by atoms with Crippen LogP contribution in [0.15, 0.2) is 30.6 Å². The Hall–Kier alpha value is -2.70. The highest BCUT2D eigenvalue weighted by Crippen LogP contribution is 2.31. The van der Waals surface area contributed by atoms with Gasteiger partial charge in [-0.05, 0) is 18.6 Å². The largest absolute Gasteiger partial charge is 0.481 e. The van der Waals surface area contributed by atoms with E-state index in [-0.39, 0.29) is 18.2 Å². The summed E-state index contributed by atoms with van der Waals surface area (Å²) in [4.78, 5) is 25.3. The van der Waals surface area contributed by atoms with Gasteiger partial charge < -0.3 is 10.4 Å². The van der Waals surface area contributed by atoms with E-state index in [9.17, 15) is 14.9 Å². The zero-order valence-corrected chi connectivity index (χ0v) is 11.4. The Morgan fingerprint density at radius 2 is 2.19 bits per heavy atom. The molecular weight excluding hydrogens is 274 g/mol. The van der Waals surface area contributed by atoms with Crippen molar-refractivity contribution in [3.05, 3.63) is 40.7 Å². The molecule has 0 bridgehead atoms.